The Balaban J connectivity index is 0. The molecule has 1 unspecified atom stereocenters. The van der Waals surface area contributed by atoms with Crippen LogP contribution < -0.4 is 0 Å². The van der Waals surface area contributed by atoms with Crippen molar-refractivity contribution in [3.05, 3.63) is 0 Å². The van der Waals surface area contributed by atoms with E-state index in [4.69, 9.17) is 17.5 Å². The largest absolute Gasteiger partial charge is 0.394 e. The molecule has 280 valence electrons. The fourth-order valence-corrected chi connectivity index (χ4v) is 6.53. The molecule has 7 heteroatoms. The Hall–Kier alpha value is -0.210. The molecule has 0 aliphatic heterocycles. The highest BCUT2D eigenvalue weighted by Crippen LogP contribution is 2.18. The van der Waals surface area contributed by atoms with Gasteiger partial charge in [0.05, 0.1) is 20.1 Å². The van der Waals surface area contributed by atoms with Crippen molar-refractivity contribution >= 4 is 10.4 Å². The Morgan fingerprint density at radius 3 is 0.717 bits per heavy atom. The molecule has 0 aliphatic rings. The first-order chi connectivity index (χ1) is 22.1. The van der Waals surface area contributed by atoms with Crippen LogP contribution in [0.2, 0.25) is 0 Å². The number of aliphatic hydroxyl groups excluding tert-OH is 1. The van der Waals surface area contributed by atoms with Gasteiger partial charge in [0.25, 0.3) is 0 Å². The highest BCUT2D eigenvalue weighted by molar-refractivity contribution is 7.79. The summed E-state index contributed by atoms with van der Waals surface area (Å²) >= 11 is 0. The van der Waals surface area contributed by atoms with Crippen LogP contribution in [0.15, 0.2) is 0 Å². The molecule has 0 saturated carbocycles. The normalized spacial score (nSPS) is 12.7. The molecule has 0 fully saturated rings. The molecular weight excluding hydrogens is 594 g/mol. The molecule has 6 nitrogen and oxygen atoms in total. The molecule has 0 heterocycles. The third-order valence-electron chi connectivity index (χ3n) is 9.95. The standard InChI is InChI=1S/C39H82NO.H2O4S/c1-5-7-9-11-13-15-17-19-21-23-25-27-29-31-33-35-37-40(4,39(3)41)38-36-34-32-30-28-26-24-22-20-18-16-14-12-10-8-6-2;1-5(2,3)4/h39,41H,5-38H2,1-4H3;(H2,1,2,3,4)/q+1;. The second kappa shape index (κ2) is 36.1. The highest BCUT2D eigenvalue weighted by atomic mass is 32.3. The van der Waals surface area contributed by atoms with Gasteiger partial charge in [-0.25, -0.2) is 0 Å². The molecule has 0 aromatic rings. The number of aliphatic hydroxyl groups is 1. The number of hydrogen-bond donors (Lipinski definition) is 3. The molecule has 0 aromatic carbocycles. The van der Waals surface area contributed by atoms with Crippen LogP contribution in [0.1, 0.15) is 226 Å². The molecule has 46 heavy (non-hydrogen) atoms. The number of nitrogens with zero attached hydrogens (tertiary/aromatic N) is 1. The van der Waals surface area contributed by atoms with Gasteiger partial charge in [0, 0.05) is 6.92 Å². The fourth-order valence-electron chi connectivity index (χ4n) is 6.53. The molecule has 1 atom stereocenters. The van der Waals surface area contributed by atoms with Gasteiger partial charge >= 0.3 is 10.4 Å². The quantitative estimate of drug-likeness (QED) is 0.0268. The van der Waals surface area contributed by atoms with Crippen molar-refractivity contribution in [3.63, 3.8) is 0 Å². The van der Waals surface area contributed by atoms with Crippen molar-refractivity contribution < 1.29 is 27.1 Å². The molecule has 3 N–H and O–H groups in total. The van der Waals surface area contributed by atoms with Gasteiger partial charge < -0.3 is 9.59 Å². The summed E-state index contributed by atoms with van der Waals surface area (Å²) < 4.78 is 32.4. The van der Waals surface area contributed by atoms with Crippen LogP contribution in [-0.4, -0.2) is 53.5 Å². The van der Waals surface area contributed by atoms with Crippen LogP contribution in [0.5, 0.6) is 0 Å². The summed E-state index contributed by atoms with van der Waals surface area (Å²) in [5, 5.41) is 10.5. The third kappa shape index (κ3) is 41.8. The average molecular weight is 679 g/mol. The van der Waals surface area contributed by atoms with Crippen LogP contribution in [-0.2, 0) is 10.4 Å². The van der Waals surface area contributed by atoms with E-state index in [1.54, 1.807) is 0 Å². The Morgan fingerprint density at radius 1 is 0.413 bits per heavy atom. The van der Waals surface area contributed by atoms with Crippen molar-refractivity contribution in [1.82, 2.24) is 0 Å². The molecule has 0 amide bonds. The monoisotopic (exact) mass is 679 g/mol. The van der Waals surface area contributed by atoms with E-state index < -0.39 is 10.4 Å². The summed E-state index contributed by atoms with van der Waals surface area (Å²) in [6.45, 7) is 8.91. The van der Waals surface area contributed by atoms with Gasteiger partial charge in [0.15, 0.2) is 6.23 Å². The van der Waals surface area contributed by atoms with E-state index in [-0.39, 0.29) is 6.23 Å². The first kappa shape index (κ1) is 47.9. The Kier molecular flexibility index (Phi) is 37.6. The molecule has 0 spiro atoms. The molecule has 0 aliphatic carbocycles. The van der Waals surface area contributed by atoms with E-state index in [9.17, 15) is 5.11 Å². The van der Waals surface area contributed by atoms with Crippen molar-refractivity contribution in [2.24, 2.45) is 0 Å². The lowest BCUT2D eigenvalue weighted by Crippen LogP contribution is -2.52. The molecule has 0 saturated heterocycles. The van der Waals surface area contributed by atoms with Crippen LogP contribution in [0.4, 0.5) is 0 Å². The van der Waals surface area contributed by atoms with Gasteiger partial charge in [-0.15, -0.1) is 0 Å². The maximum Gasteiger partial charge on any atom is 0.394 e. The minimum atomic E-state index is -4.67. The number of rotatable bonds is 35. The smallest absolute Gasteiger partial charge is 0.345 e. The SMILES string of the molecule is CCCCCCCCCCCCCCCCCC[N+](C)(CCCCCCCCCCCCCCCCCC)C(C)O.O=S(=O)(O)O. The lowest BCUT2D eigenvalue weighted by atomic mass is 10.0. The summed E-state index contributed by atoms with van der Waals surface area (Å²) in [5.74, 6) is 0. The van der Waals surface area contributed by atoms with E-state index >= 15 is 0 Å². The van der Waals surface area contributed by atoms with Gasteiger partial charge in [0.2, 0.25) is 0 Å². The summed E-state index contributed by atoms with van der Waals surface area (Å²) in [4.78, 5) is 0. The van der Waals surface area contributed by atoms with E-state index in [1.165, 1.54) is 205 Å². The van der Waals surface area contributed by atoms with Crippen molar-refractivity contribution in [2.45, 2.75) is 232 Å². The van der Waals surface area contributed by atoms with E-state index in [0.29, 0.717) is 0 Å². The van der Waals surface area contributed by atoms with Gasteiger partial charge in [-0.1, -0.05) is 194 Å². The van der Waals surface area contributed by atoms with Crippen LogP contribution >= 0.6 is 0 Å². The predicted octanol–water partition coefficient (Wildman–Crippen LogP) is 12.6. The molecule has 0 aromatic heterocycles. The molecular formula is C39H84NO5S+. The minimum Gasteiger partial charge on any atom is -0.345 e. The zero-order chi connectivity index (χ0) is 34.6. The molecule has 0 bridgehead atoms. The Bertz CT molecular complexity index is 642. The number of hydrogen-bond acceptors (Lipinski definition) is 3. The second-order valence-electron chi connectivity index (χ2n) is 14.6. The summed E-state index contributed by atoms with van der Waals surface area (Å²) in [5.41, 5.74) is 0. The maximum atomic E-state index is 10.5. The maximum absolute atomic E-state index is 10.5. The first-order valence-electron chi connectivity index (χ1n) is 20.3. The number of quaternary nitrogens is 1. The predicted molar refractivity (Wildman–Crippen MR) is 201 cm³/mol. The van der Waals surface area contributed by atoms with Gasteiger partial charge in [-0.2, -0.15) is 8.42 Å². The zero-order valence-corrected chi connectivity index (χ0v) is 32.4. The van der Waals surface area contributed by atoms with Crippen molar-refractivity contribution in [2.75, 3.05) is 20.1 Å². The summed E-state index contributed by atoms with van der Waals surface area (Å²) in [6.07, 6.45) is 45.3. The Morgan fingerprint density at radius 2 is 0.565 bits per heavy atom. The van der Waals surface area contributed by atoms with E-state index in [2.05, 4.69) is 20.9 Å². The van der Waals surface area contributed by atoms with Crippen molar-refractivity contribution in [3.8, 4) is 0 Å². The van der Waals surface area contributed by atoms with Gasteiger partial charge in [-0.3, -0.25) is 9.11 Å². The van der Waals surface area contributed by atoms with E-state index in [1.807, 2.05) is 6.92 Å². The summed E-state index contributed by atoms with van der Waals surface area (Å²) in [6, 6.07) is 0. The average Bonchev–Trinajstić information content (AvgIpc) is 2.99. The third-order valence-corrected chi connectivity index (χ3v) is 9.95. The zero-order valence-electron chi connectivity index (χ0n) is 31.6. The van der Waals surface area contributed by atoms with Crippen LogP contribution in [0.3, 0.4) is 0 Å². The lowest BCUT2D eigenvalue weighted by Gasteiger charge is -2.37. The number of unbranched alkanes of at least 4 members (excludes halogenated alkanes) is 30. The molecule has 0 rings (SSSR count). The Labute approximate surface area is 289 Å². The first-order valence-corrected chi connectivity index (χ1v) is 21.7. The van der Waals surface area contributed by atoms with Crippen LogP contribution in [0.25, 0.3) is 0 Å². The topological polar surface area (TPSA) is 94.8 Å². The highest BCUT2D eigenvalue weighted by Gasteiger charge is 2.26. The van der Waals surface area contributed by atoms with Crippen molar-refractivity contribution in [1.29, 1.82) is 0 Å². The fraction of sp³-hybridized carbons (Fsp3) is 1.00. The lowest BCUT2D eigenvalue weighted by molar-refractivity contribution is -0.952. The van der Waals surface area contributed by atoms with E-state index in [0.717, 1.165) is 17.6 Å². The second-order valence-corrected chi connectivity index (χ2v) is 15.5. The summed E-state index contributed by atoms with van der Waals surface area (Å²) in [7, 11) is -2.37. The minimum absolute atomic E-state index is 0.234. The van der Waals surface area contributed by atoms with Gasteiger partial charge in [0.1, 0.15) is 0 Å². The molecule has 0 radical (unpaired) electrons. The van der Waals surface area contributed by atoms with Crippen LogP contribution in [0, 0.1) is 0 Å². The van der Waals surface area contributed by atoms with Gasteiger partial charge in [-0.05, 0) is 25.7 Å².